The zero-order chi connectivity index (χ0) is 10.6. The van der Waals surface area contributed by atoms with Gasteiger partial charge in [-0.3, -0.25) is 0 Å². The van der Waals surface area contributed by atoms with Gasteiger partial charge in [0.15, 0.2) is 0 Å². The molecule has 0 saturated carbocycles. The van der Waals surface area contributed by atoms with E-state index in [4.69, 9.17) is 11.6 Å². The van der Waals surface area contributed by atoms with E-state index in [1.165, 1.54) is 0 Å². The molecule has 78 valence electrons. The fourth-order valence-corrected chi connectivity index (χ4v) is 1.77. The molecule has 3 heteroatoms. The Morgan fingerprint density at radius 1 is 1.43 bits per heavy atom. The highest BCUT2D eigenvalue weighted by Crippen LogP contribution is 2.20. The van der Waals surface area contributed by atoms with Gasteiger partial charge < -0.3 is 5.32 Å². The molecular weight excluding hydrogens is 261 g/mol. The molecule has 0 amide bonds. The van der Waals surface area contributed by atoms with Crippen LogP contribution >= 0.6 is 27.5 Å². The normalized spacial score (nSPS) is 10.9. The largest absolute Gasteiger partial charge is 0.312 e. The first-order valence-corrected chi connectivity index (χ1v) is 5.91. The zero-order valence-electron chi connectivity index (χ0n) is 8.48. The number of benzene rings is 1. The number of rotatable bonds is 4. The summed E-state index contributed by atoms with van der Waals surface area (Å²) in [5, 5.41) is 4.19. The van der Waals surface area contributed by atoms with Crippen LogP contribution in [0.15, 0.2) is 22.7 Å². The summed E-state index contributed by atoms with van der Waals surface area (Å²) in [5.74, 6) is 0.668. The van der Waals surface area contributed by atoms with Crippen molar-refractivity contribution in [2.24, 2.45) is 5.92 Å². The summed E-state index contributed by atoms with van der Waals surface area (Å²) < 4.78 is 1.07. The minimum atomic E-state index is 0.668. The van der Waals surface area contributed by atoms with Crippen molar-refractivity contribution >= 4 is 27.5 Å². The molecule has 0 radical (unpaired) electrons. The first-order valence-electron chi connectivity index (χ1n) is 4.74. The van der Waals surface area contributed by atoms with Crippen molar-refractivity contribution in [3.8, 4) is 0 Å². The Morgan fingerprint density at radius 2 is 2.14 bits per heavy atom. The lowest BCUT2D eigenvalue weighted by Crippen LogP contribution is -2.19. The Balaban J connectivity index is 2.53. The molecule has 1 N–H and O–H groups in total. The first-order chi connectivity index (χ1) is 6.59. The van der Waals surface area contributed by atoms with Crippen molar-refractivity contribution in [1.82, 2.24) is 5.32 Å². The van der Waals surface area contributed by atoms with Crippen LogP contribution in [-0.2, 0) is 6.54 Å². The lowest BCUT2D eigenvalue weighted by Gasteiger charge is -2.09. The summed E-state index contributed by atoms with van der Waals surface area (Å²) in [4.78, 5) is 0. The average molecular weight is 277 g/mol. The van der Waals surface area contributed by atoms with Gasteiger partial charge >= 0.3 is 0 Å². The van der Waals surface area contributed by atoms with Gasteiger partial charge in [-0.15, -0.1) is 0 Å². The molecule has 0 bridgehead atoms. The molecule has 0 aliphatic carbocycles. The Kier molecular flexibility index (Phi) is 4.93. The fraction of sp³-hybridized carbons (Fsp3) is 0.455. The zero-order valence-corrected chi connectivity index (χ0v) is 10.8. The Morgan fingerprint density at radius 3 is 2.79 bits per heavy atom. The second-order valence-corrected chi connectivity index (χ2v) is 5.08. The van der Waals surface area contributed by atoms with Crippen LogP contribution in [0.25, 0.3) is 0 Å². The summed E-state index contributed by atoms with van der Waals surface area (Å²) in [6.07, 6.45) is 0. The summed E-state index contributed by atoms with van der Waals surface area (Å²) in [6.45, 7) is 6.23. The van der Waals surface area contributed by atoms with E-state index in [9.17, 15) is 0 Å². The number of nitrogens with one attached hydrogen (secondary N) is 1. The Hall–Kier alpha value is -0.0500. The van der Waals surface area contributed by atoms with Crippen molar-refractivity contribution in [3.63, 3.8) is 0 Å². The standard InChI is InChI=1S/C11H15BrClN/c1-8(2)6-14-7-9-5-10(12)3-4-11(9)13/h3-5,8,14H,6-7H2,1-2H3. The van der Waals surface area contributed by atoms with Gasteiger partial charge in [-0.05, 0) is 36.2 Å². The summed E-state index contributed by atoms with van der Waals surface area (Å²) in [7, 11) is 0. The maximum absolute atomic E-state index is 6.05. The SMILES string of the molecule is CC(C)CNCc1cc(Br)ccc1Cl. The summed E-state index contributed by atoms with van der Waals surface area (Å²) >= 11 is 9.48. The first kappa shape index (κ1) is 12.0. The average Bonchev–Trinajstić information content (AvgIpc) is 2.10. The van der Waals surface area contributed by atoms with E-state index in [-0.39, 0.29) is 0 Å². The Labute approximate surface area is 99.0 Å². The topological polar surface area (TPSA) is 12.0 Å². The molecule has 0 aliphatic heterocycles. The van der Waals surface area contributed by atoms with Crippen molar-refractivity contribution in [1.29, 1.82) is 0 Å². The third kappa shape index (κ3) is 3.99. The van der Waals surface area contributed by atoms with Crippen LogP contribution in [0, 0.1) is 5.92 Å². The number of hydrogen-bond donors (Lipinski definition) is 1. The van der Waals surface area contributed by atoms with Gasteiger partial charge in [0.2, 0.25) is 0 Å². The monoisotopic (exact) mass is 275 g/mol. The molecule has 0 spiro atoms. The highest BCUT2D eigenvalue weighted by Gasteiger charge is 2.01. The van der Waals surface area contributed by atoms with E-state index in [0.29, 0.717) is 5.92 Å². The second-order valence-electron chi connectivity index (χ2n) is 3.76. The highest BCUT2D eigenvalue weighted by atomic mass is 79.9. The highest BCUT2D eigenvalue weighted by molar-refractivity contribution is 9.10. The molecule has 0 unspecified atom stereocenters. The molecule has 1 aromatic rings. The lowest BCUT2D eigenvalue weighted by atomic mass is 10.2. The van der Waals surface area contributed by atoms with Crippen LogP contribution in [0.5, 0.6) is 0 Å². The quantitative estimate of drug-likeness (QED) is 0.881. The molecule has 1 nitrogen and oxygen atoms in total. The van der Waals surface area contributed by atoms with E-state index in [0.717, 1.165) is 28.1 Å². The Bertz CT molecular complexity index is 299. The van der Waals surface area contributed by atoms with Crippen LogP contribution in [0.2, 0.25) is 5.02 Å². The third-order valence-electron chi connectivity index (χ3n) is 1.88. The van der Waals surface area contributed by atoms with Crippen molar-refractivity contribution in [2.45, 2.75) is 20.4 Å². The van der Waals surface area contributed by atoms with Crippen LogP contribution in [-0.4, -0.2) is 6.54 Å². The van der Waals surface area contributed by atoms with E-state index in [2.05, 4.69) is 41.2 Å². The van der Waals surface area contributed by atoms with Gasteiger partial charge in [0.1, 0.15) is 0 Å². The predicted octanol–water partition coefficient (Wildman–Crippen LogP) is 3.85. The summed E-state index contributed by atoms with van der Waals surface area (Å²) in [6, 6.07) is 5.92. The van der Waals surface area contributed by atoms with Gasteiger partial charge in [0, 0.05) is 16.0 Å². The van der Waals surface area contributed by atoms with Crippen molar-refractivity contribution in [3.05, 3.63) is 33.3 Å². The minimum Gasteiger partial charge on any atom is -0.312 e. The van der Waals surface area contributed by atoms with Gasteiger partial charge in [-0.1, -0.05) is 41.4 Å². The van der Waals surface area contributed by atoms with E-state index >= 15 is 0 Å². The molecule has 0 heterocycles. The predicted molar refractivity (Wildman–Crippen MR) is 65.7 cm³/mol. The van der Waals surface area contributed by atoms with Gasteiger partial charge in [0.05, 0.1) is 0 Å². The van der Waals surface area contributed by atoms with Crippen LogP contribution in [0.3, 0.4) is 0 Å². The van der Waals surface area contributed by atoms with Gasteiger partial charge in [-0.25, -0.2) is 0 Å². The fourth-order valence-electron chi connectivity index (χ4n) is 1.17. The van der Waals surface area contributed by atoms with E-state index in [1.54, 1.807) is 0 Å². The molecule has 0 saturated heterocycles. The molecule has 1 rings (SSSR count). The molecule has 0 aliphatic rings. The molecular formula is C11H15BrClN. The van der Waals surface area contributed by atoms with Crippen LogP contribution in [0.4, 0.5) is 0 Å². The number of hydrogen-bond acceptors (Lipinski definition) is 1. The van der Waals surface area contributed by atoms with E-state index < -0.39 is 0 Å². The lowest BCUT2D eigenvalue weighted by molar-refractivity contribution is 0.552. The van der Waals surface area contributed by atoms with Crippen LogP contribution < -0.4 is 5.32 Å². The number of halogens is 2. The molecule has 14 heavy (non-hydrogen) atoms. The minimum absolute atomic E-state index is 0.668. The second kappa shape index (κ2) is 5.74. The maximum Gasteiger partial charge on any atom is 0.0451 e. The van der Waals surface area contributed by atoms with Crippen molar-refractivity contribution in [2.75, 3.05) is 6.54 Å². The summed E-state index contributed by atoms with van der Waals surface area (Å²) in [5.41, 5.74) is 1.14. The van der Waals surface area contributed by atoms with Crippen molar-refractivity contribution < 1.29 is 0 Å². The molecule has 0 aromatic heterocycles. The van der Waals surface area contributed by atoms with Gasteiger partial charge in [-0.2, -0.15) is 0 Å². The third-order valence-corrected chi connectivity index (χ3v) is 2.74. The molecule has 0 atom stereocenters. The van der Waals surface area contributed by atoms with E-state index in [1.807, 2.05) is 12.1 Å². The maximum atomic E-state index is 6.05. The van der Waals surface area contributed by atoms with Crippen LogP contribution in [0.1, 0.15) is 19.4 Å². The molecule has 1 aromatic carbocycles. The van der Waals surface area contributed by atoms with Gasteiger partial charge in [0.25, 0.3) is 0 Å². The smallest absolute Gasteiger partial charge is 0.0451 e. The molecule has 0 fully saturated rings.